The molecule has 1 saturated heterocycles. The highest BCUT2D eigenvalue weighted by Crippen LogP contribution is 2.31. The Morgan fingerprint density at radius 1 is 1.10 bits per heavy atom. The molecule has 156 valence electrons. The molecule has 0 radical (unpaired) electrons. The molecule has 5 nitrogen and oxygen atoms in total. The average Bonchev–Trinajstić information content (AvgIpc) is 2.69. The van der Waals surface area contributed by atoms with Gasteiger partial charge in [0, 0.05) is 12.1 Å². The lowest BCUT2D eigenvalue weighted by Crippen LogP contribution is -2.32. The first-order valence-corrected chi connectivity index (χ1v) is 11.9. The van der Waals surface area contributed by atoms with E-state index >= 15 is 0 Å². The van der Waals surface area contributed by atoms with E-state index in [0.717, 1.165) is 38.0 Å². The minimum absolute atomic E-state index is 0.191. The van der Waals surface area contributed by atoms with Gasteiger partial charge < -0.3 is 5.73 Å². The van der Waals surface area contributed by atoms with E-state index in [2.05, 4.69) is 11.8 Å². The molecule has 0 unspecified atom stereocenters. The van der Waals surface area contributed by atoms with Crippen molar-refractivity contribution in [2.75, 3.05) is 18.8 Å². The van der Waals surface area contributed by atoms with Crippen molar-refractivity contribution in [1.82, 2.24) is 4.90 Å². The van der Waals surface area contributed by atoms with Crippen molar-refractivity contribution in [2.45, 2.75) is 50.5 Å². The number of primary amides is 1. The number of piperidine rings is 1. The third kappa shape index (κ3) is 5.25. The monoisotopic (exact) mass is 414 g/mol. The third-order valence-corrected chi connectivity index (χ3v) is 7.69. The summed E-state index contributed by atoms with van der Waals surface area (Å²) in [5.41, 5.74) is 9.58. The largest absolute Gasteiger partial charge is 0.366 e. The Hall–Kier alpha value is -2.18. The van der Waals surface area contributed by atoms with Gasteiger partial charge in [-0.2, -0.15) is 0 Å². The summed E-state index contributed by atoms with van der Waals surface area (Å²) >= 11 is 0. The van der Waals surface area contributed by atoms with Gasteiger partial charge in [0.25, 0.3) is 0 Å². The van der Waals surface area contributed by atoms with Crippen LogP contribution in [0.1, 0.15) is 59.2 Å². The molecule has 2 N–H and O–H groups in total. The van der Waals surface area contributed by atoms with Crippen LogP contribution >= 0.6 is 0 Å². The van der Waals surface area contributed by atoms with Gasteiger partial charge in [0.15, 0.2) is 9.84 Å². The quantitative estimate of drug-likeness (QED) is 0.750. The van der Waals surface area contributed by atoms with E-state index < -0.39 is 9.84 Å². The van der Waals surface area contributed by atoms with Gasteiger partial charge in [0.05, 0.1) is 10.6 Å². The molecule has 2 aromatic carbocycles. The number of carbonyl (C=O) groups is 1. The van der Waals surface area contributed by atoms with Crippen LogP contribution in [0.25, 0.3) is 0 Å². The number of nitrogens with two attached hydrogens (primary N) is 1. The lowest BCUT2D eigenvalue weighted by Gasteiger charge is -2.33. The van der Waals surface area contributed by atoms with Crippen molar-refractivity contribution in [3.8, 4) is 0 Å². The van der Waals surface area contributed by atoms with Crippen LogP contribution in [0.4, 0.5) is 0 Å². The minimum atomic E-state index is -3.16. The van der Waals surface area contributed by atoms with E-state index in [0.29, 0.717) is 22.8 Å². The van der Waals surface area contributed by atoms with E-state index in [-0.39, 0.29) is 11.7 Å². The van der Waals surface area contributed by atoms with E-state index in [1.54, 1.807) is 18.2 Å². The molecule has 1 aliphatic rings. The third-order valence-electron chi connectivity index (χ3n) is 5.75. The zero-order chi connectivity index (χ0) is 21.0. The Morgan fingerprint density at radius 3 is 2.34 bits per heavy atom. The first-order chi connectivity index (χ1) is 13.8. The number of carbonyl (C=O) groups excluding carboxylic acids is 1. The maximum Gasteiger partial charge on any atom is 0.248 e. The minimum Gasteiger partial charge on any atom is -0.366 e. The summed E-state index contributed by atoms with van der Waals surface area (Å²) in [6.45, 7) is 6.73. The van der Waals surface area contributed by atoms with Gasteiger partial charge in [-0.1, -0.05) is 25.1 Å². The number of hydrogen-bond donors (Lipinski definition) is 1. The molecule has 0 aliphatic carbocycles. The second kappa shape index (κ2) is 9.09. The fourth-order valence-corrected chi connectivity index (χ4v) is 5.41. The van der Waals surface area contributed by atoms with Crippen molar-refractivity contribution < 1.29 is 13.2 Å². The van der Waals surface area contributed by atoms with E-state index in [1.807, 2.05) is 31.2 Å². The molecular formula is C23H30N2O3S. The number of rotatable bonds is 7. The lowest BCUT2D eigenvalue weighted by molar-refractivity contribution is 0.1000. The summed E-state index contributed by atoms with van der Waals surface area (Å²) in [5.74, 6) is 0.246. The Morgan fingerprint density at radius 2 is 1.76 bits per heavy atom. The molecule has 0 saturated carbocycles. The van der Waals surface area contributed by atoms with Crippen LogP contribution in [0.5, 0.6) is 0 Å². The molecule has 29 heavy (non-hydrogen) atoms. The van der Waals surface area contributed by atoms with Crippen LogP contribution in [0.3, 0.4) is 0 Å². The number of sulfone groups is 1. The highest BCUT2D eigenvalue weighted by molar-refractivity contribution is 7.91. The van der Waals surface area contributed by atoms with Crippen molar-refractivity contribution in [3.63, 3.8) is 0 Å². The van der Waals surface area contributed by atoms with E-state index in [1.165, 1.54) is 11.1 Å². The van der Waals surface area contributed by atoms with Crippen molar-refractivity contribution >= 4 is 15.7 Å². The number of likely N-dealkylation sites (tertiary alicyclic amines) is 1. The molecule has 1 aliphatic heterocycles. The predicted octanol–water partition coefficient (Wildman–Crippen LogP) is 3.66. The molecule has 0 atom stereocenters. The van der Waals surface area contributed by atoms with Gasteiger partial charge in [-0.3, -0.25) is 9.69 Å². The lowest BCUT2D eigenvalue weighted by atomic mass is 9.85. The number of benzene rings is 2. The Balaban J connectivity index is 1.60. The Labute approximate surface area is 173 Å². The molecule has 1 amide bonds. The highest BCUT2D eigenvalue weighted by Gasteiger charge is 2.23. The molecule has 1 heterocycles. The second-order valence-corrected chi connectivity index (χ2v) is 10.1. The molecular weight excluding hydrogens is 384 g/mol. The Bertz CT molecular complexity index is 960. The number of aryl methyl sites for hydroxylation is 1. The van der Waals surface area contributed by atoms with Crippen LogP contribution in [0.15, 0.2) is 47.4 Å². The van der Waals surface area contributed by atoms with Gasteiger partial charge in [0.2, 0.25) is 5.91 Å². The number of amides is 1. The normalized spacial score (nSPS) is 16.1. The standard InChI is InChI=1S/C23H30N2O3S/c1-3-14-29(27,28)21-8-5-18(6-9-21)16-25-12-10-19(11-13-25)22-15-20(23(24)26)7-4-17(22)2/h4-9,15,19H,3,10-14,16H2,1-2H3,(H2,24,26). The fraction of sp³-hybridized carbons (Fsp3) is 0.435. The van der Waals surface area contributed by atoms with Crippen LogP contribution in [0.2, 0.25) is 0 Å². The van der Waals surface area contributed by atoms with Crippen molar-refractivity contribution in [2.24, 2.45) is 5.73 Å². The van der Waals surface area contributed by atoms with Gasteiger partial charge in [-0.25, -0.2) is 8.42 Å². The molecule has 6 heteroatoms. The van der Waals surface area contributed by atoms with Gasteiger partial charge in [-0.15, -0.1) is 0 Å². The summed E-state index contributed by atoms with van der Waals surface area (Å²) in [6, 6.07) is 13.0. The topological polar surface area (TPSA) is 80.5 Å². The zero-order valence-electron chi connectivity index (χ0n) is 17.2. The highest BCUT2D eigenvalue weighted by atomic mass is 32.2. The fourth-order valence-electron chi connectivity index (χ4n) is 4.08. The van der Waals surface area contributed by atoms with Crippen LogP contribution < -0.4 is 5.73 Å². The van der Waals surface area contributed by atoms with Crippen molar-refractivity contribution in [1.29, 1.82) is 0 Å². The average molecular weight is 415 g/mol. The Kier molecular flexibility index (Phi) is 6.75. The summed E-state index contributed by atoms with van der Waals surface area (Å²) in [5, 5.41) is 0. The first-order valence-electron chi connectivity index (χ1n) is 10.2. The molecule has 0 aromatic heterocycles. The van der Waals surface area contributed by atoms with Gasteiger partial charge in [0.1, 0.15) is 0 Å². The second-order valence-electron chi connectivity index (χ2n) is 7.95. The summed E-state index contributed by atoms with van der Waals surface area (Å²) in [4.78, 5) is 14.3. The van der Waals surface area contributed by atoms with Gasteiger partial charge in [-0.05, 0) is 86.1 Å². The zero-order valence-corrected chi connectivity index (χ0v) is 18.0. The van der Waals surface area contributed by atoms with Crippen LogP contribution in [-0.2, 0) is 16.4 Å². The molecule has 3 rings (SSSR count). The molecule has 0 spiro atoms. The van der Waals surface area contributed by atoms with Gasteiger partial charge >= 0.3 is 0 Å². The van der Waals surface area contributed by atoms with Crippen LogP contribution in [-0.4, -0.2) is 38.1 Å². The maximum absolute atomic E-state index is 12.2. The number of nitrogens with zero attached hydrogens (tertiary/aromatic N) is 1. The summed E-state index contributed by atoms with van der Waals surface area (Å²) in [6.07, 6.45) is 2.69. The first kappa shape index (κ1) is 21.5. The number of hydrogen-bond acceptors (Lipinski definition) is 4. The van der Waals surface area contributed by atoms with E-state index in [9.17, 15) is 13.2 Å². The SMILES string of the molecule is CCCS(=O)(=O)c1ccc(CN2CCC(c3cc(C(N)=O)ccc3C)CC2)cc1. The molecule has 2 aromatic rings. The molecule has 0 bridgehead atoms. The van der Waals surface area contributed by atoms with E-state index in [4.69, 9.17) is 5.73 Å². The summed E-state index contributed by atoms with van der Waals surface area (Å²) in [7, 11) is -3.16. The molecule has 1 fully saturated rings. The predicted molar refractivity (Wildman–Crippen MR) is 116 cm³/mol. The maximum atomic E-state index is 12.2. The smallest absolute Gasteiger partial charge is 0.248 e. The summed E-state index contributed by atoms with van der Waals surface area (Å²) < 4.78 is 24.3. The van der Waals surface area contributed by atoms with Crippen molar-refractivity contribution in [3.05, 3.63) is 64.7 Å². The van der Waals surface area contributed by atoms with Crippen LogP contribution in [0, 0.1) is 6.92 Å².